The lowest BCUT2D eigenvalue weighted by Crippen LogP contribution is -2.19. The highest BCUT2D eigenvalue weighted by atomic mass is 32.1. The van der Waals surface area contributed by atoms with E-state index in [0.717, 1.165) is 24.4 Å². The molecule has 1 aromatic rings. The number of rotatable bonds is 4. The molecule has 14 heavy (non-hydrogen) atoms. The molecular weight excluding hydrogens is 192 g/mol. The van der Waals surface area contributed by atoms with Crippen molar-refractivity contribution in [2.24, 2.45) is 0 Å². The third-order valence-electron chi connectivity index (χ3n) is 1.99. The van der Waals surface area contributed by atoms with E-state index in [2.05, 4.69) is 30.6 Å². The van der Waals surface area contributed by atoms with Crippen molar-refractivity contribution < 1.29 is 0 Å². The minimum atomic E-state index is 0.724. The lowest BCUT2D eigenvalue weighted by atomic mass is 10.1. The molecular formula is C11H14N2S. The Morgan fingerprint density at radius 1 is 1.50 bits per heavy atom. The number of hydrogen-bond donors (Lipinski definition) is 1. The van der Waals surface area contributed by atoms with Gasteiger partial charge >= 0.3 is 0 Å². The minimum Gasteiger partial charge on any atom is -0.301 e. The van der Waals surface area contributed by atoms with Gasteiger partial charge in [0.15, 0.2) is 0 Å². The van der Waals surface area contributed by atoms with Crippen LogP contribution in [0.1, 0.15) is 11.1 Å². The predicted molar refractivity (Wildman–Crippen MR) is 61.3 cm³/mol. The van der Waals surface area contributed by atoms with E-state index in [1.807, 2.05) is 24.3 Å². The van der Waals surface area contributed by atoms with Crippen molar-refractivity contribution in [1.29, 1.82) is 5.26 Å². The van der Waals surface area contributed by atoms with Gasteiger partial charge in [-0.25, -0.2) is 0 Å². The highest BCUT2D eigenvalue weighted by molar-refractivity contribution is 7.80. The van der Waals surface area contributed by atoms with Gasteiger partial charge in [-0.1, -0.05) is 12.1 Å². The molecule has 0 N–H and O–H groups in total. The molecule has 1 rings (SSSR count). The standard InChI is InChI=1S/C11H14N2S/c1-13(5-6-14)9-11-4-2-3-10(7-11)8-12/h2-4,7,14H,5-6,9H2,1H3. The number of nitrogens with zero attached hydrogens (tertiary/aromatic N) is 2. The first-order chi connectivity index (χ1) is 6.76. The summed E-state index contributed by atoms with van der Waals surface area (Å²) in [7, 11) is 2.05. The molecule has 0 bridgehead atoms. The zero-order valence-corrected chi connectivity index (χ0v) is 9.17. The molecule has 0 aromatic heterocycles. The second-order valence-corrected chi connectivity index (χ2v) is 3.72. The van der Waals surface area contributed by atoms with Crippen LogP contribution in [0.3, 0.4) is 0 Å². The van der Waals surface area contributed by atoms with Crippen LogP contribution in [0.15, 0.2) is 24.3 Å². The second-order valence-electron chi connectivity index (χ2n) is 3.27. The molecule has 0 saturated heterocycles. The third-order valence-corrected chi connectivity index (χ3v) is 2.19. The molecule has 0 atom stereocenters. The number of hydrogen-bond acceptors (Lipinski definition) is 3. The Kier molecular flexibility index (Phi) is 4.51. The van der Waals surface area contributed by atoms with Crippen LogP contribution in [0, 0.1) is 11.3 Å². The van der Waals surface area contributed by atoms with Crippen LogP contribution in [0.4, 0.5) is 0 Å². The SMILES string of the molecule is CN(CCS)Cc1cccc(C#N)c1. The Hall–Kier alpha value is -0.980. The topological polar surface area (TPSA) is 27.0 Å². The first-order valence-corrected chi connectivity index (χ1v) is 5.18. The number of thiol groups is 1. The van der Waals surface area contributed by atoms with Crippen LogP contribution in [-0.4, -0.2) is 24.2 Å². The quantitative estimate of drug-likeness (QED) is 0.762. The lowest BCUT2D eigenvalue weighted by molar-refractivity contribution is 0.349. The third kappa shape index (κ3) is 3.41. The summed E-state index contributed by atoms with van der Waals surface area (Å²) < 4.78 is 0. The van der Waals surface area contributed by atoms with Crippen LogP contribution >= 0.6 is 12.6 Å². The van der Waals surface area contributed by atoms with Crippen LogP contribution < -0.4 is 0 Å². The van der Waals surface area contributed by atoms with Gasteiger partial charge in [0.1, 0.15) is 0 Å². The Morgan fingerprint density at radius 3 is 2.93 bits per heavy atom. The van der Waals surface area contributed by atoms with Gasteiger partial charge in [0, 0.05) is 18.8 Å². The Morgan fingerprint density at radius 2 is 2.29 bits per heavy atom. The maximum absolute atomic E-state index is 8.72. The van der Waals surface area contributed by atoms with Crippen LogP contribution in [0.5, 0.6) is 0 Å². The van der Waals surface area contributed by atoms with Gasteiger partial charge in [-0.05, 0) is 24.7 Å². The second kappa shape index (κ2) is 5.69. The van der Waals surface area contributed by atoms with Crippen LogP contribution in [0.2, 0.25) is 0 Å². The minimum absolute atomic E-state index is 0.724. The van der Waals surface area contributed by atoms with Crippen LogP contribution in [-0.2, 0) is 6.54 Å². The van der Waals surface area contributed by atoms with Gasteiger partial charge in [0.25, 0.3) is 0 Å². The summed E-state index contributed by atoms with van der Waals surface area (Å²) in [6.45, 7) is 1.83. The average molecular weight is 206 g/mol. The van der Waals surface area contributed by atoms with Gasteiger partial charge in [-0.15, -0.1) is 0 Å². The highest BCUT2D eigenvalue weighted by Gasteiger charge is 1.99. The lowest BCUT2D eigenvalue weighted by Gasteiger charge is -2.14. The van der Waals surface area contributed by atoms with Gasteiger partial charge < -0.3 is 4.90 Å². The van der Waals surface area contributed by atoms with Gasteiger partial charge in [0.05, 0.1) is 11.6 Å². The maximum atomic E-state index is 8.72. The molecule has 1 aromatic carbocycles. The van der Waals surface area contributed by atoms with Crippen molar-refractivity contribution in [3.63, 3.8) is 0 Å². The largest absolute Gasteiger partial charge is 0.301 e. The van der Waals surface area contributed by atoms with E-state index in [1.54, 1.807) is 0 Å². The fourth-order valence-electron chi connectivity index (χ4n) is 1.30. The summed E-state index contributed by atoms with van der Waals surface area (Å²) >= 11 is 4.17. The molecule has 74 valence electrons. The van der Waals surface area contributed by atoms with E-state index >= 15 is 0 Å². The molecule has 0 fully saturated rings. The van der Waals surface area contributed by atoms with Crippen molar-refractivity contribution >= 4 is 12.6 Å². The predicted octanol–water partition coefficient (Wildman–Crippen LogP) is 1.92. The molecule has 0 aliphatic rings. The monoisotopic (exact) mass is 206 g/mol. The summed E-state index contributed by atoms with van der Waals surface area (Å²) in [5, 5.41) is 8.72. The molecule has 0 amide bonds. The normalized spacial score (nSPS) is 10.1. The Bertz CT molecular complexity index is 330. The smallest absolute Gasteiger partial charge is 0.0991 e. The molecule has 0 heterocycles. The van der Waals surface area contributed by atoms with Crippen LogP contribution in [0.25, 0.3) is 0 Å². The zero-order valence-electron chi connectivity index (χ0n) is 8.27. The fourth-order valence-corrected chi connectivity index (χ4v) is 1.64. The summed E-state index contributed by atoms with van der Waals surface area (Å²) in [6, 6.07) is 9.84. The van der Waals surface area contributed by atoms with Crippen molar-refractivity contribution in [2.45, 2.75) is 6.54 Å². The Balaban J connectivity index is 2.63. The van der Waals surface area contributed by atoms with E-state index in [0.29, 0.717) is 0 Å². The molecule has 0 aliphatic carbocycles. The fraction of sp³-hybridized carbons (Fsp3) is 0.364. The molecule has 3 heteroatoms. The summed E-state index contributed by atoms with van der Waals surface area (Å²) in [5.74, 6) is 0.856. The first kappa shape index (κ1) is 11.1. The van der Waals surface area contributed by atoms with Crippen molar-refractivity contribution in [2.75, 3.05) is 19.3 Å². The van der Waals surface area contributed by atoms with Gasteiger partial charge in [0.2, 0.25) is 0 Å². The van der Waals surface area contributed by atoms with E-state index in [9.17, 15) is 0 Å². The van der Waals surface area contributed by atoms with Crippen molar-refractivity contribution in [3.8, 4) is 6.07 Å². The zero-order chi connectivity index (χ0) is 10.4. The number of nitriles is 1. The number of benzene rings is 1. The van der Waals surface area contributed by atoms with E-state index < -0.39 is 0 Å². The van der Waals surface area contributed by atoms with Crippen molar-refractivity contribution in [1.82, 2.24) is 4.90 Å². The van der Waals surface area contributed by atoms with E-state index in [-0.39, 0.29) is 0 Å². The molecule has 0 saturated carbocycles. The Labute approximate surface area is 90.6 Å². The molecule has 0 spiro atoms. The highest BCUT2D eigenvalue weighted by Crippen LogP contribution is 2.06. The first-order valence-electron chi connectivity index (χ1n) is 4.54. The average Bonchev–Trinajstić information content (AvgIpc) is 2.18. The summed E-state index contributed by atoms with van der Waals surface area (Å²) in [5.41, 5.74) is 1.90. The van der Waals surface area contributed by atoms with E-state index in [4.69, 9.17) is 5.26 Å². The van der Waals surface area contributed by atoms with Gasteiger partial charge in [-0.2, -0.15) is 17.9 Å². The molecule has 0 unspecified atom stereocenters. The summed E-state index contributed by atoms with van der Waals surface area (Å²) in [4.78, 5) is 2.18. The molecule has 2 nitrogen and oxygen atoms in total. The molecule has 0 aliphatic heterocycles. The van der Waals surface area contributed by atoms with E-state index in [1.165, 1.54) is 5.56 Å². The van der Waals surface area contributed by atoms with Crippen molar-refractivity contribution in [3.05, 3.63) is 35.4 Å². The molecule has 0 radical (unpaired) electrons. The summed E-state index contributed by atoms with van der Waals surface area (Å²) in [6.07, 6.45) is 0. The van der Waals surface area contributed by atoms with Gasteiger partial charge in [-0.3, -0.25) is 0 Å². The maximum Gasteiger partial charge on any atom is 0.0991 e.